The van der Waals surface area contributed by atoms with Crippen LogP contribution in [0.1, 0.15) is 31.9 Å². The van der Waals surface area contributed by atoms with Crippen molar-refractivity contribution >= 4 is 17.6 Å². The van der Waals surface area contributed by atoms with Crippen LogP contribution in [0.5, 0.6) is 0 Å². The summed E-state index contributed by atoms with van der Waals surface area (Å²) in [5.41, 5.74) is 0.978. The van der Waals surface area contributed by atoms with E-state index in [2.05, 4.69) is 10.6 Å². The molecule has 0 fully saturated rings. The zero-order valence-electron chi connectivity index (χ0n) is 10.6. The van der Waals surface area contributed by atoms with E-state index in [-0.39, 0.29) is 24.7 Å². The van der Waals surface area contributed by atoms with Crippen LogP contribution in [0.15, 0.2) is 24.3 Å². The molecule has 18 heavy (non-hydrogen) atoms. The number of hydrogen-bond donors (Lipinski definition) is 3. The fourth-order valence-corrected chi connectivity index (χ4v) is 1.66. The largest absolute Gasteiger partial charge is 0.394 e. The standard InChI is InChI=1S/C13H19ClN2O2/c1-3-12(8-17)16-13(18)15-9(2)10-4-6-11(14)7-5-10/h4-7,9,12,17H,3,8H2,1-2H3,(H2,15,16,18). The summed E-state index contributed by atoms with van der Waals surface area (Å²) in [6.45, 7) is 3.74. The number of aliphatic hydroxyl groups is 1. The SMILES string of the molecule is CCC(CO)NC(=O)NC(C)c1ccc(Cl)cc1. The van der Waals surface area contributed by atoms with Gasteiger partial charge in [0, 0.05) is 5.02 Å². The second kappa shape index (κ2) is 7.24. The Hall–Kier alpha value is -1.26. The van der Waals surface area contributed by atoms with Gasteiger partial charge in [-0.05, 0) is 31.0 Å². The molecule has 0 aromatic heterocycles. The van der Waals surface area contributed by atoms with E-state index in [4.69, 9.17) is 16.7 Å². The average molecular weight is 271 g/mol. The van der Waals surface area contributed by atoms with E-state index in [9.17, 15) is 4.79 Å². The molecule has 0 aliphatic carbocycles. The number of aliphatic hydroxyl groups excluding tert-OH is 1. The maximum absolute atomic E-state index is 11.7. The molecule has 4 nitrogen and oxygen atoms in total. The number of hydrogen-bond acceptors (Lipinski definition) is 2. The van der Waals surface area contributed by atoms with Crippen molar-refractivity contribution in [3.63, 3.8) is 0 Å². The van der Waals surface area contributed by atoms with Crippen molar-refractivity contribution in [2.45, 2.75) is 32.4 Å². The fraction of sp³-hybridized carbons (Fsp3) is 0.462. The highest BCUT2D eigenvalue weighted by Gasteiger charge is 2.12. The summed E-state index contributed by atoms with van der Waals surface area (Å²) < 4.78 is 0. The Morgan fingerprint density at radius 2 is 1.94 bits per heavy atom. The molecule has 0 saturated heterocycles. The van der Waals surface area contributed by atoms with Crippen LogP contribution in [0.25, 0.3) is 0 Å². The molecule has 0 bridgehead atoms. The van der Waals surface area contributed by atoms with Crippen molar-refractivity contribution in [1.82, 2.24) is 10.6 Å². The van der Waals surface area contributed by atoms with Crippen LogP contribution in [-0.4, -0.2) is 23.8 Å². The molecule has 0 radical (unpaired) electrons. The Morgan fingerprint density at radius 3 is 2.44 bits per heavy atom. The Morgan fingerprint density at radius 1 is 1.33 bits per heavy atom. The van der Waals surface area contributed by atoms with Gasteiger partial charge in [-0.15, -0.1) is 0 Å². The predicted octanol–water partition coefficient (Wildman–Crippen LogP) is 2.47. The Balaban J connectivity index is 2.51. The highest BCUT2D eigenvalue weighted by Crippen LogP contribution is 2.15. The molecule has 2 amide bonds. The van der Waals surface area contributed by atoms with Gasteiger partial charge in [0.15, 0.2) is 0 Å². The molecule has 0 aliphatic rings. The van der Waals surface area contributed by atoms with Gasteiger partial charge in [0.2, 0.25) is 0 Å². The smallest absolute Gasteiger partial charge is 0.315 e. The molecule has 100 valence electrons. The first-order valence-corrected chi connectivity index (χ1v) is 6.38. The molecule has 2 atom stereocenters. The highest BCUT2D eigenvalue weighted by atomic mass is 35.5. The third kappa shape index (κ3) is 4.55. The maximum atomic E-state index is 11.7. The molecular formula is C13H19ClN2O2. The zero-order valence-corrected chi connectivity index (χ0v) is 11.4. The first-order valence-electron chi connectivity index (χ1n) is 6.00. The van der Waals surface area contributed by atoms with Gasteiger partial charge >= 0.3 is 6.03 Å². The summed E-state index contributed by atoms with van der Waals surface area (Å²) in [4.78, 5) is 11.7. The lowest BCUT2D eigenvalue weighted by Gasteiger charge is -2.18. The minimum Gasteiger partial charge on any atom is -0.394 e. The van der Waals surface area contributed by atoms with Crippen molar-refractivity contribution in [3.8, 4) is 0 Å². The molecule has 1 aromatic carbocycles. The van der Waals surface area contributed by atoms with Crippen LogP contribution < -0.4 is 10.6 Å². The molecule has 0 aliphatic heterocycles. The summed E-state index contributed by atoms with van der Waals surface area (Å²) in [6.07, 6.45) is 0.694. The molecule has 0 heterocycles. The number of benzene rings is 1. The highest BCUT2D eigenvalue weighted by molar-refractivity contribution is 6.30. The Kier molecular flexibility index (Phi) is 5.95. The van der Waals surface area contributed by atoms with E-state index in [1.54, 1.807) is 12.1 Å². The summed E-state index contributed by atoms with van der Waals surface area (Å²) in [6, 6.07) is 6.72. The van der Waals surface area contributed by atoms with Crippen molar-refractivity contribution in [2.24, 2.45) is 0 Å². The number of nitrogens with one attached hydrogen (secondary N) is 2. The molecule has 1 rings (SSSR count). The second-order valence-electron chi connectivity index (χ2n) is 4.18. The van der Waals surface area contributed by atoms with Gasteiger partial charge in [-0.3, -0.25) is 0 Å². The molecular weight excluding hydrogens is 252 g/mol. The number of amides is 2. The molecule has 5 heteroatoms. The molecule has 2 unspecified atom stereocenters. The Bertz CT molecular complexity index is 377. The van der Waals surface area contributed by atoms with Crippen LogP contribution in [0.4, 0.5) is 4.79 Å². The van der Waals surface area contributed by atoms with E-state index in [1.165, 1.54) is 0 Å². The average Bonchev–Trinajstić information content (AvgIpc) is 2.36. The summed E-state index contributed by atoms with van der Waals surface area (Å²) >= 11 is 5.80. The molecule has 0 saturated carbocycles. The third-order valence-electron chi connectivity index (χ3n) is 2.77. The molecule has 3 N–H and O–H groups in total. The normalized spacial score (nSPS) is 13.8. The van der Waals surface area contributed by atoms with Gasteiger partial charge in [0.05, 0.1) is 18.7 Å². The Labute approximate surface area is 112 Å². The lowest BCUT2D eigenvalue weighted by atomic mass is 10.1. The minimum atomic E-state index is -0.279. The number of halogens is 1. The van der Waals surface area contributed by atoms with Crippen LogP contribution in [0, 0.1) is 0 Å². The minimum absolute atomic E-state index is 0.0563. The van der Waals surface area contributed by atoms with E-state index < -0.39 is 0 Å². The van der Waals surface area contributed by atoms with Gasteiger partial charge in [0.1, 0.15) is 0 Å². The maximum Gasteiger partial charge on any atom is 0.315 e. The van der Waals surface area contributed by atoms with Gasteiger partial charge in [-0.25, -0.2) is 4.79 Å². The topological polar surface area (TPSA) is 61.4 Å². The van der Waals surface area contributed by atoms with Gasteiger partial charge in [-0.1, -0.05) is 30.7 Å². The zero-order chi connectivity index (χ0) is 13.5. The van der Waals surface area contributed by atoms with Crippen molar-refractivity contribution in [3.05, 3.63) is 34.9 Å². The predicted molar refractivity (Wildman–Crippen MR) is 72.7 cm³/mol. The summed E-state index contributed by atoms with van der Waals surface area (Å²) in [7, 11) is 0. The van der Waals surface area contributed by atoms with Crippen LogP contribution >= 0.6 is 11.6 Å². The number of carbonyl (C=O) groups is 1. The van der Waals surface area contributed by atoms with Crippen molar-refractivity contribution in [2.75, 3.05) is 6.61 Å². The first-order chi connectivity index (χ1) is 8.56. The van der Waals surface area contributed by atoms with Crippen molar-refractivity contribution < 1.29 is 9.90 Å². The number of rotatable bonds is 5. The summed E-state index contributed by atoms with van der Waals surface area (Å²) in [5.74, 6) is 0. The van der Waals surface area contributed by atoms with Gasteiger partial charge < -0.3 is 15.7 Å². The molecule has 0 spiro atoms. The van der Waals surface area contributed by atoms with Crippen LogP contribution in [0.3, 0.4) is 0 Å². The lowest BCUT2D eigenvalue weighted by molar-refractivity contribution is 0.212. The molecule has 1 aromatic rings. The lowest BCUT2D eigenvalue weighted by Crippen LogP contribution is -2.44. The fourth-order valence-electron chi connectivity index (χ4n) is 1.54. The van der Waals surface area contributed by atoms with Gasteiger partial charge in [-0.2, -0.15) is 0 Å². The van der Waals surface area contributed by atoms with Crippen LogP contribution in [0.2, 0.25) is 5.02 Å². The van der Waals surface area contributed by atoms with E-state index in [1.807, 2.05) is 26.0 Å². The third-order valence-corrected chi connectivity index (χ3v) is 3.02. The second-order valence-corrected chi connectivity index (χ2v) is 4.62. The van der Waals surface area contributed by atoms with Gasteiger partial charge in [0.25, 0.3) is 0 Å². The number of carbonyl (C=O) groups excluding carboxylic acids is 1. The van der Waals surface area contributed by atoms with Crippen LogP contribution in [-0.2, 0) is 0 Å². The van der Waals surface area contributed by atoms with E-state index in [0.717, 1.165) is 5.56 Å². The van der Waals surface area contributed by atoms with E-state index >= 15 is 0 Å². The monoisotopic (exact) mass is 270 g/mol. The van der Waals surface area contributed by atoms with Crippen molar-refractivity contribution in [1.29, 1.82) is 0 Å². The summed E-state index contributed by atoms with van der Waals surface area (Å²) in [5, 5.41) is 15.2. The van der Waals surface area contributed by atoms with E-state index in [0.29, 0.717) is 11.4 Å². The number of urea groups is 1. The quantitative estimate of drug-likeness (QED) is 0.770. The first kappa shape index (κ1) is 14.8.